The molecule has 3 heteroatoms. The summed E-state index contributed by atoms with van der Waals surface area (Å²) in [5.74, 6) is -1.03. The molecule has 0 aromatic heterocycles. The van der Waals surface area contributed by atoms with E-state index < -0.39 is 5.97 Å². The third-order valence-electron chi connectivity index (χ3n) is 1.96. The van der Waals surface area contributed by atoms with Crippen molar-refractivity contribution in [2.45, 2.75) is 33.1 Å². The third kappa shape index (κ3) is 2.95. The van der Waals surface area contributed by atoms with Crippen LogP contribution in [0, 0.1) is 5.92 Å². The summed E-state index contributed by atoms with van der Waals surface area (Å²) in [6.45, 7) is 3.92. The van der Waals surface area contributed by atoms with Crippen molar-refractivity contribution in [1.82, 2.24) is 0 Å². The molecular formula is C9H16O3. The molecule has 0 rings (SSSR count). The first kappa shape index (κ1) is 11.0. The van der Waals surface area contributed by atoms with Gasteiger partial charge in [-0.3, -0.25) is 0 Å². The van der Waals surface area contributed by atoms with Crippen molar-refractivity contribution in [3.8, 4) is 0 Å². The number of aliphatic hydroxyl groups excluding tert-OH is 1. The van der Waals surface area contributed by atoms with Crippen molar-refractivity contribution in [2.24, 2.45) is 5.92 Å². The van der Waals surface area contributed by atoms with E-state index in [4.69, 9.17) is 10.2 Å². The number of hydrogen-bond donors (Lipinski definition) is 2. The Balaban J connectivity index is 4.35. The fourth-order valence-corrected chi connectivity index (χ4v) is 1.26. The first-order valence-electron chi connectivity index (χ1n) is 4.24. The Morgan fingerprint density at radius 3 is 2.33 bits per heavy atom. The molecule has 0 saturated carbocycles. The number of aliphatic carboxylic acids is 1. The Morgan fingerprint density at radius 2 is 2.08 bits per heavy atom. The van der Waals surface area contributed by atoms with E-state index in [1.165, 1.54) is 0 Å². The standard InChI is InChI=1S/C9H16O3/c1-3-5-7(4-2)8(6-10)9(11)12/h6-7,10H,3-5H2,1-2H3,(H,11,12). The smallest absolute Gasteiger partial charge is 0.334 e. The van der Waals surface area contributed by atoms with E-state index in [1.807, 2.05) is 13.8 Å². The Kier molecular flexibility index (Phi) is 5.17. The molecule has 2 N–H and O–H groups in total. The Bertz CT molecular complexity index is 173. The third-order valence-corrected chi connectivity index (χ3v) is 1.96. The van der Waals surface area contributed by atoms with Gasteiger partial charge in [0.2, 0.25) is 0 Å². The van der Waals surface area contributed by atoms with Crippen molar-refractivity contribution < 1.29 is 15.0 Å². The van der Waals surface area contributed by atoms with Gasteiger partial charge >= 0.3 is 5.97 Å². The SMILES string of the molecule is CCCC(CC)C(=CO)C(=O)O. The van der Waals surface area contributed by atoms with Crippen molar-refractivity contribution >= 4 is 5.97 Å². The lowest BCUT2D eigenvalue weighted by Crippen LogP contribution is -2.12. The summed E-state index contributed by atoms with van der Waals surface area (Å²) in [4.78, 5) is 10.6. The Hall–Kier alpha value is -0.990. The maximum absolute atomic E-state index is 10.6. The van der Waals surface area contributed by atoms with Gasteiger partial charge in [0.1, 0.15) is 0 Å². The van der Waals surface area contributed by atoms with Crippen LogP contribution in [0.4, 0.5) is 0 Å². The van der Waals surface area contributed by atoms with Crippen LogP contribution in [-0.2, 0) is 4.79 Å². The van der Waals surface area contributed by atoms with E-state index in [2.05, 4.69) is 0 Å². The van der Waals surface area contributed by atoms with E-state index in [9.17, 15) is 4.79 Å². The monoisotopic (exact) mass is 172 g/mol. The number of carboxylic acids is 1. The molecule has 0 aliphatic heterocycles. The van der Waals surface area contributed by atoms with E-state index in [-0.39, 0.29) is 11.5 Å². The Morgan fingerprint density at radius 1 is 1.50 bits per heavy atom. The second-order valence-electron chi connectivity index (χ2n) is 2.78. The van der Waals surface area contributed by atoms with Crippen molar-refractivity contribution in [1.29, 1.82) is 0 Å². The largest absolute Gasteiger partial charge is 0.515 e. The Labute approximate surface area is 72.7 Å². The molecule has 0 aromatic rings. The van der Waals surface area contributed by atoms with E-state index in [0.717, 1.165) is 19.3 Å². The summed E-state index contributed by atoms with van der Waals surface area (Å²) in [7, 11) is 0. The lowest BCUT2D eigenvalue weighted by Gasteiger charge is -2.12. The summed E-state index contributed by atoms with van der Waals surface area (Å²) < 4.78 is 0. The van der Waals surface area contributed by atoms with Gasteiger partial charge in [0.25, 0.3) is 0 Å². The number of aliphatic hydroxyl groups is 1. The van der Waals surface area contributed by atoms with Crippen LogP contribution in [0.5, 0.6) is 0 Å². The van der Waals surface area contributed by atoms with Crippen LogP contribution < -0.4 is 0 Å². The number of carboxylic acid groups (broad SMARTS) is 1. The molecule has 1 unspecified atom stereocenters. The molecule has 0 fully saturated rings. The normalized spacial score (nSPS) is 14.3. The van der Waals surface area contributed by atoms with Crippen LogP contribution in [0.15, 0.2) is 11.8 Å². The van der Waals surface area contributed by atoms with Gasteiger partial charge in [-0.25, -0.2) is 4.79 Å². The first-order chi connectivity index (χ1) is 5.67. The van der Waals surface area contributed by atoms with Gasteiger partial charge in [0, 0.05) is 0 Å². The second-order valence-corrected chi connectivity index (χ2v) is 2.78. The average molecular weight is 172 g/mol. The molecule has 0 saturated heterocycles. The van der Waals surface area contributed by atoms with E-state index in [0.29, 0.717) is 6.26 Å². The summed E-state index contributed by atoms with van der Waals surface area (Å²) in [5, 5.41) is 17.4. The highest BCUT2D eigenvalue weighted by Crippen LogP contribution is 2.20. The zero-order valence-electron chi connectivity index (χ0n) is 7.58. The van der Waals surface area contributed by atoms with Gasteiger partial charge in [-0.2, -0.15) is 0 Å². The second kappa shape index (κ2) is 5.63. The fourth-order valence-electron chi connectivity index (χ4n) is 1.26. The highest BCUT2D eigenvalue weighted by Gasteiger charge is 2.17. The lowest BCUT2D eigenvalue weighted by atomic mass is 9.93. The molecular weight excluding hydrogens is 156 g/mol. The minimum absolute atomic E-state index is 0.0162. The van der Waals surface area contributed by atoms with Gasteiger partial charge in [-0.05, 0) is 18.8 Å². The summed E-state index contributed by atoms with van der Waals surface area (Å²) >= 11 is 0. The molecule has 0 aliphatic carbocycles. The molecule has 0 aliphatic rings. The van der Waals surface area contributed by atoms with Crippen LogP contribution in [0.1, 0.15) is 33.1 Å². The maximum Gasteiger partial charge on any atom is 0.334 e. The highest BCUT2D eigenvalue weighted by molar-refractivity contribution is 5.86. The highest BCUT2D eigenvalue weighted by atomic mass is 16.4. The molecule has 12 heavy (non-hydrogen) atoms. The van der Waals surface area contributed by atoms with Gasteiger partial charge in [0.15, 0.2) is 0 Å². The number of rotatable bonds is 5. The molecule has 1 atom stereocenters. The van der Waals surface area contributed by atoms with E-state index >= 15 is 0 Å². The average Bonchev–Trinajstić information content (AvgIpc) is 2.03. The predicted molar refractivity (Wildman–Crippen MR) is 47.0 cm³/mol. The van der Waals surface area contributed by atoms with Crippen LogP contribution in [0.3, 0.4) is 0 Å². The fraction of sp³-hybridized carbons (Fsp3) is 0.667. The summed E-state index contributed by atoms with van der Waals surface area (Å²) in [6, 6.07) is 0. The van der Waals surface area contributed by atoms with Crippen LogP contribution in [-0.4, -0.2) is 16.2 Å². The molecule has 0 spiro atoms. The quantitative estimate of drug-likeness (QED) is 0.494. The first-order valence-corrected chi connectivity index (χ1v) is 4.24. The van der Waals surface area contributed by atoms with Crippen LogP contribution in [0.25, 0.3) is 0 Å². The van der Waals surface area contributed by atoms with Gasteiger partial charge in [-0.15, -0.1) is 0 Å². The molecule has 70 valence electrons. The molecule has 0 radical (unpaired) electrons. The number of carbonyl (C=O) groups is 1. The summed E-state index contributed by atoms with van der Waals surface area (Å²) in [6.07, 6.45) is 3.22. The minimum atomic E-state index is -1.02. The molecule has 0 amide bonds. The van der Waals surface area contributed by atoms with Gasteiger partial charge in [-0.1, -0.05) is 20.3 Å². The zero-order chi connectivity index (χ0) is 9.56. The number of hydrogen-bond acceptors (Lipinski definition) is 2. The van der Waals surface area contributed by atoms with Gasteiger partial charge < -0.3 is 10.2 Å². The predicted octanol–water partition coefficient (Wildman–Crippen LogP) is 2.34. The lowest BCUT2D eigenvalue weighted by molar-refractivity contribution is -0.133. The molecule has 0 heterocycles. The van der Waals surface area contributed by atoms with Crippen LogP contribution >= 0.6 is 0 Å². The van der Waals surface area contributed by atoms with E-state index in [1.54, 1.807) is 0 Å². The van der Waals surface area contributed by atoms with Gasteiger partial charge in [0.05, 0.1) is 11.8 Å². The molecule has 3 nitrogen and oxygen atoms in total. The summed E-state index contributed by atoms with van der Waals surface area (Å²) in [5.41, 5.74) is 0.124. The maximum atomic E-state index is 10.6. The zero-order valence-corrected chi connectivity index (χ0v) is 7.58. The van der Waals surface area contributed by atoms with Crippen molar-refractivity contribution in [3.05, 3.63) is 11.8 Å². The van der Waals surface area contributed by atoms with Crippen molar-refractivity contribution in [2.75, 3.05) is 0 Å². The topological polar surface area (TPSA) is 57.5 Å². The minimum Gasteiger partial charge on any atom is -0.515 e. The van der Waals surface area contributed by atoms with Crippen LogP contribution in [0.2, 0.25) is 0 Å². The van der Waals surface area contributed by atoms with Crippen molar-refractivity contribution in [3.63, 3.8) is 0 Å². The molecule has 0 aromatic carbocycles. The molecule has 0 bridgehead atoms.